The highest BCUT2D eigenvalue weighted by molar-refractivity contribution is 5.86. The van der Waals surface area contributed by atoms with Crippen molar-refractivity contribution in [2.45, 2.75) is 19.8 Å². The van der Waals surface area contributed by atoms with E-state index in [0.717, 1.165) is 32.5 Å². The standard InChI is InChI=1S/C10H17NO2/c1-3-11-6-4-5-9(7-11)8(2)10(12)13/h9H,2-7H2,1H3,(H,12,13). The topological polar surface area (TPSA) is 40.5 Å². The van der Waals surface area contributed by atoms with Crippen molar-refractivity contribution < 1.29 is 9.90 Å². The predicted molar refractivity (Wildman–Crippen MR) is 51.6 cm³/mol. The number of carbonyl (C=O) groups is 1. The molecular weight excluding hydrogens is 166 g/mol. The Morgan fingerprint density at radius 2 is 2.38 bits per heavy atom. The van der Waals surface area contributed by atoms with Crippen LogP contribution in [0, 0.1) is 5.92 Å². The maximum atomic E-state index is 10.7. The van der Waals surface area contributed by atoms with Crippen LogP contribution in [-0.4, -0.2) is 35.6 Å². The monoisotopic (exact) mass is 183 g/mol. The molecule has 1 rings (SSSR count). The molecule has 0 bridgehead atoms. The van der Waals surface area contributed by atoms with Gasteiger partial charge in [0.2, 0.25) is 0 Å². The molecule has 1 N–H and O–H groups in total. The molecule has 1 fully saturated rings. The number of likely N-dealkylation sites (tertiary alicyclic amines) is 1. The van der Waals surface area contributed by atoms with Crippen LogP contribution in [0.25, 0.3) is 0 Å². The molecular formula is C10H17NO2. The van der Waals surface area contributed by atoms with Gasteiger partial charge < -0.3 is 10.0 Å². The van der Waals surface area contributed by atoms with Gasteiger partial charge in [-0.05, 0) is 25.9 Å². The lowest BCUT2D eigenvalue weighted by atomic mass is 9.91. The van der Waals surface area contributed by atoms with Crippen LogP contribution in [0.1, 0.15) is 19.8 Å². The van der Waals surface area contributed by atoms with Crippen LogP contribution in [0.5, 0.6) is 0 Å². The zero-order valence-corrected chi connectivity index (χ0v) is 8.12. The molecule has 74 valence electrons. The average Bonchev–Trinajstić information content (AvgIpc) is 2.16. The van der Waals surface area contributed by atoms with Gasteiger partial charge in [0.1, 0.15) is 0 Å². The number of carboxylic acid groups (broad SMARTS) is 1. The molecule has 0 radical (unpaired) electrons. The molecule has 0 aromatic heterocycles. The Labute approximate surface area is 79.0 Å². The Morgan fingerprint density at radius 1 is 1.69 bits per heavy atom. The molecule has 0 amide bonds. The summed E-state index contributed by atoms with van der Waals surface area (Å²) in [5.74, 6) is -0.686. The molecule has 0 saturated carbocycles. The van der Waals surface area contributed by atoms with E-state index in [0.29, 0.717) is 5.57 Å². The van der Waals surface area contributed by atoms with E-state index in [1.807, 2.05) is 0 Å². The van der Waals surface area contributed by atoms with Crippen molar-refractivity contribution in [3.05, 3.63) is 12.2 Å². The number of hydrogen-bond donors (Lipinski definition) is 1. The first kappa shape index (κ1) is 10.3. The lowest BCUT2D eigenvalue weighted by Gasteiger charge is -2.31. The van der Waals surface area contributed by atoms with E-state index in [1.165, 1.54) is 0 Å². The van der Waals surface area contributed by atoms with Crippen molar-refractivity contribution in [3.8, 4) is 0 Å². The van der Waals surface area contributed by atoms with E-state index in [2.05, 4.69) is 18.4 Å². The lowest BCUT2D eigenvalue weighted by Crippen LogP contribution is -2.36. The van der Waals surface area contributed by atoms with Crippen molar-refractivity contribution >= 4 is 5.97 Å². The number of hydrogen-bond acceptors (Lipinski definition) is 2. The zero-order chi connectivity index (χ0) is 9.84. The Bertz CT molecular complexity index is 213. The fraction of sp³-hybridized carbons (Fsp3) is 0.700. The van der Waals surface area contributed by atoms with Gasteiger partial charge in [-0.15, -0.1) is 0 Å². The van der Waals surface area contributed by atoms with E-state index in [1.54, 1.807) is 0 Å². The summed E-state index contributed by atoms with van der Waals surface area (Å²) in [6.45, 7) is 8.69. The maximum Gasteiger partial charge on any atom is 0.331 e. The highest BCUT2D eigenvalue weighted by atomic mass is 16.4. The van der Waals surface area contributed by atoms with Crippen LogP contribution in [-0.2, 0) is 4.79 Å². The van der Waals surface area contributed by atoms with Crippen molar-refractivity contribution in [2.75, 3.05) is 19.6 Å². The second-order valence-electron chi connectivity index (χ2n) is 3.56. The highest BCUT2D eigenvalue weighted by Crippen LogP contribution is 2.22. The molecule has 3 nitrogen and oxygen atoms in total. The molecule has 13 heavy (non-hydrogen) atoms. The van der Waals surface area contributed by atoms with Gasteiger partial charge in [-0.25, -0.2) is 4.79 Å². The summed E-state index contributed by atoms with van der Waals surface area (Å²) in [6.07, 6.45) is 2.06. The first-order valence-electron chi connectivity index (χ1n) is 4.79. The molecule has 0 aliphatic carbocycles. The molecule has 1 saturated heterocycles. The third-order valence-electron chi connectivity index (χ3n) is 2.72. The number of rotatable bonds is 3. The van der Waals surface area contributed by atoms with Gasteiger partial charge in [-0.1, -0.05) is 13.5 Å². The van der Waals surface area contributed by atoms with Gasteiger partial charge in [-0.2, -0.15) is 0 Å². The summed E-state index contributed by atoms with van der Waals surface area (Å²) in [7, 11) is 0. The van der Waals surface area contributed by atoms with Crippen molar-refractivity contribution in [3.63, 3.8) is 0 Å². The number of piperidine rings is 1. The Balaban J connectivity index is 2.51. The van der Waals surface area contributed by atoms with Crippen LogP contribution in [0.2, 0.25) is 0 Å². The third-order valence-corrected chi connectivity index (χ3v) is 2.72. The maximum absolute atomic E-state index is 10.7. The summed E-state index contributed by atoms with van der Waals surface area (Å²) in [6, 6.07) is 0. The molecule has 0 spiro atoms. The minimum absolute atomic E-state index is 0.159. The summed E-state index contributed by atoms with van der Waals surface area (Å²) in [4.78, 5) is 13.0. The van der Waals surface area contributed by atoms with E-state index < -0.39 is 5.97 Å². The molecule has 1 atom stereocenters. The van der Waals surface area contributed by atoms with Crippen molar-refractivity contribution in [1.82, 2.24) is 4.90 Å². The van der Waals surface area contributed by atoms with Gasteiger partial charge in [0.25, 0.3) is 0 Å². The first-order chi connectivity index (χ1) is 6.15. The number of nitrogens with zero attached hydrogens (tertiary/aromatic N) is 1. The Morgan fingerprint density at radius 3 is 2.92 bits per heavy atom. The summed E-state index contributed by atoms with van der Waals surface area (Å²) in [5, 5.41) is 8.78. The SMILES string of the molecule is C=C(C(=O)O)C1CCCN(CC)C1. The molecule has 0 aromatic carbocycles. The Hall–Kier alpha value is -0.830. The van der Waals surface area contributed by atoms with Crippen LogP contribution in [0.15, 0.2) is 12.2 Å². The van der Waals surface area contributed by atoms with Crippen molar-refractivity contribution in [1.29, 1.82) is 0 Å². The molecule has 1 heterocycles. The molecule has 1 unspecified atom stereocenters. The zero-order valence-electron chi connectivity index (χ0n) is 8.12. The largest absolute Gasteiger partial charge is 0.478 e. The molecule has 0 aromatic rings. The van der Waals surface area contributed by atoms with Crippen LogP contribution in [0.3, 0.4) is 0 Å². The second kappa shape index (κ2) is 4.42. The van der Waals surface area contributed by atoms with E-state index in [-0.39, 0.29) is 5.92 Å². The minimum Gasteiger partial charge on any atom is -0.478 e. The normalized spacial score (nSPS) is 24.2. The quantitative estimate of drug-likeness (QED) is 0.672. The van der Waals surface area contributed by atoms with E-state index in [4.69, 9.17) is 5.11 Å². The predicted octanol–water partition coefficient (Wildman–Crippen LogP) is 1.36. The lowest BCUT2D eigenvalue weighted by molar-refractivity contribution is -0.133. The van der Waals surface area contributed by atoms with Gasteiger partial charge in [-0.3, -0.25) is 0 Å². The minimum atomic E-state index is -0.844. The van der Waals surface area contributed by atoms with Gasteiger partial charge in [0, 0.05) is 18.0 Å². The fourth-order valence-corrected chi connectivity index (χ4v) is 1.80. The van der Waals surface area contributed by atoms with Crippen molar-refractivity contribution in [2.24, 2.45) is 5.92 Å². The molecule has 1 aliphatic heterocycles. The summed E-state index contributed by atoms with van der Waals surface area (Å²) >= 11 is 0. The number of carboxylic acids is 1. The first-order valence-corrected chi connectivity index (χ1v) is 4.79. The number of aliphatic carboxylic acids is 1. The van der Waals surface area contributed by atoms with Crippen LogP contribution in [0.4, 0.5) is 0 Å². The van der Waals surface area contributed by atoms with Gasteiger partial charge in [0.15, 0.2) is 0 Å². The van der Waals surface area contributed by atoms with Crippen LogP contribution < -0.4 is 0 Å². The van der Waals surface area contributed by atoms with Crippen LogP contribution >= 0.6 is 0 Å². The Kier molecular flexibility index (Phi) is 3.48. The highest BCUT2D eigenvalue weighted by Gasteiger charge is 2.24. The summed E-state index contributed by atoms with van der Waals surface area (Å²) < 4.78 is 0. The molecule has 3 heteroatoms. The van der Waals surface area contributed by atoms with Gasteiger partial charge >= 0.3 is 5.97 Å². The third kappa shape index (κ3) is 2.56. The van der Waals surface area contributed by atoms with E-state index >= 15 is 0 Å². The van der Waals surface area contributed by atoms with Gasteiger partial charge in [0.05, 0.1) is 0 Å². The van der Waals surface area contributed by atoms with E-state index in [9.17, 15) is 4.79 Å². The fourth-order valence-electron chi connectivity index (χ4n) is 1.80. The smallest absolute Gasteiger partial charge is 0.331 e. The molecule has 1 aliphatic rings. The second-order valence-corrected chi connectivity index (χ2v) is 3.56. The summed E-state index contributed by atoms with van der Waals surface area (Å²) in [5.41, 5.74) is 0.373. The average molecular weight is 183 g/mol.